The summed E-state index contributed by atoms with van der Waals surface area (Å²) in [7, 11) is 0. The Bertz CT molecular complexity index is 630. The number of carbonyl (C=O) groups excluding carboxylic acids is 2. The van der Waals surface area contributed by atoms with Gasteiger partial charge < -0.3 is 15.1 Å². The first-order valence-corrected chi connectivity index (χ1v) is 9.97. The molecule has 2 saturated heterocycles. The Labute approximate surface area is 156 Å². The van der Waals surface area contributed by atoms with Gasteiger partial charge in [-0.1, -0.05) is 26.0 Å². The summed E-state index contributed by atoms with van der Waals surface area (Å²) in [6, 6.07) is 8.21. The predicted molar refractivity (Wildman–Crippen MR) is 104 cm³/mol. The molecule has 0 saturated carbocycles. The molecule has 1 N–H and O–H groups in total. The third-order valence-electron chi connectivity index (χ3n) is 5.32. The SMILES string of the molecule is CC(C)CC(=O)NC1CCN(c2ccccc2C(=O)N2CCCC2)CC1. The van der Waals surface area contributed by atoms with E-state index in [2.05, 4.69) is 30.1 Å². The molecule has 0 aliphatic carbocycles. The summed E-state index contributed by atoms with van der Waals surface area (Å²) in [5.74, 6) is 0.701. The van der Waals surface area contributed by atoms with E-state index in [4.69, 9.17) is 0 Å². The minimum absolute atomic E-state index is 0.156. The van der Waals surface area contributed by atoms with Crippen LogP contribution < -0.4 is 10.2 Å². The molecule has 0 atom stereocenters. The van der Waals surface area contributed by atoms with Crippen molar-refractivity contribution in [3.05, 3.63) is 29.8 Å². The van der Waals surface area contributed by atoms with Crippen LogP contribution in [0.3, 0.4) is 0 Å². The summed E-state index contributed by atoms with van der Waals surface area (Å²) in [5.41, 5.74) is 1.85. The van der Waals surface area contributed by atoms with Crippen molar-refractivity contribution in [3.63, 3.8) is 0 Å². The molecule has 26 heavy (non-hydrogen) atoms. The first kappa shape index (κ1) is 18.7. The van der Waals surface area contributed by atoms with E-state index in [0.29, 0.717) is 12.3 Å². The fraction of sp³-hybridized carbons (Fsp3) is 0.619. The van der Waals surface area contributed by atoms with Crippen molar-refractivity contribution in [2.45, 2.75) is 52.0 Å². The summed E-state index contributed by atoms with van der Waals surface area (Å²) >= 11 is 0. The van der Waals surface area contributed by atoms with Crippen LogP contribution in [0.15, 0.2) is 24.3 Å². The Morgan fingerprint density at radius 3 is 2.38 bits per heavy atom. The fourth-order valence-electron chi connectivity index (χ4n) is 3.94. The molecule has 5 heteroatoms. The summed E-state index contributed by atoms with van der Waals surface area (Å²) < 4.78 is 0. The molecule has 5 nitrogen and oxygen atoms in total. The van der Waals surface area contributed by atoms with E-state index in [1.807, 2.05) is 23.1 Å². The average Bonchev–Trinajstić information content (AvgIpc) is 3.16. The summed E-state index contributed by atoms with van der Waals surface area (Å²) in [6.45, 7) is 7.62. The lowest BCUT2D eigenvalue weighted by Crippen LogP contribution is -2.45. The van der Waals surface area contributed by atoms with Crippen LogP contribution in [-0.4, -0.2) is 48.9 Å². The van der Waals surface area contributed by atoms with Gasteiger partial charge in [-0.25, -0.2) is 0 Å². The van der Waals surface area contributed by atoms with Gasteiger partial charge in [0.1, 0.15) is 0 Å². The molecule has 2 aliphatic rings. The molecule has 3 rings (SSSR count). The Morgan fingerprint density at radius 2 is 1.73 bits per heavy atom. The molecule has 2 aliphatic heterocycles. The molecule has 2 fully saturated rings. The van der Waals surface area contributed by atoms with E-state index >= 15 is 0 Å². The summed E-state index contributed by atoms with van der Waals surface area (Å²) in [4.78, 5) is 29.1. The van der Waals surface area contributed by atoms with Crippen molar-refractivity contribution >= 4 is 17.5 Å². The van der Waals surface area contributed by atoms with Crippen LogP contribution in [0.4, 0.5) is 5.69 Å². The van der Waals surface area contributed by atoms with Gasteiger partial charge in [0.2, 0.25) is 5.91 Å². The highest BCUT2D eigenvalue weighted by atomic mass is 16.2. The normalized spacial score (nSPS) is 18.4. The second-order valence-corrected chi connectivity index (χ2v) is 7.94. The molecule has 0 spiro atoms. The lowest BCUT2D eigenvalue weighted by molar-refractivity contribution is -0.122. The third kappa shape index (κ3) is 4.57. The van der Waals surface area contributed by atoms with Crippen molar-refractivity contribution < 1.29 is 9.59 Å². The lowest BCUT2D eigenvalue weighted by Gasteiger charge is -2.35. The van der Waals surface area contributed by atoms with E-state index < -0.39 is 0 Å². The van der Waals surface area contributed by atoms with Crippen LogP contribution in [0, 0.1) is 5.92 Å². The Balaban J connectivity index is 1.61. The van der Waals surface area contributed by atoms with Gasteiger partial charge in [-0.05, 0) is 43.7 Å². The van der Waals surface area contributed by atoms with E-state index in [-0.39, 0.29) is 17.9 Å². The first-order chi connectivity index (χ1) is 12.5. The highest BCUT2D eigenvalue weighted by molar-refractivity contribution is 6.00. The maximum absolute atomic E-state index is 12.9. The number of carbonyl (C=O) groups is 2. The largest absolute Gasteiger partial charge is 0.371 e. The number of nitrogens with zero attached hydrogens (tertiary/aromatic N) is 2. The lowest BCUT2D eigenvalue weighted by atomic mass is 10.0. The molecule has 0 bridgehead atoms. The molecular weight excluding hydrogens is 326 g/mol. The molecule has 1 aromatic rings. The zero-order valence-corrected chi connectivity index (χ0v) is 16.0. The number of hydrogen-bond acceptors (Lipinski definition) is 3. The van der Waals surface area contributed by atoms with Gasteiger partial charge in [-0.2, -0.15) is 0 Å². The van der Waals surface area contributed by atoms with Gasteiger partial charge >= 0.3 is 0 Å². The first-order valence-electron chi connectivity index (χ1n) is 9.97. The zero-order valence-electron chi connectivity index (χ0n) is 16.0. The number of anilines is 1. The molecule has 2 heterocycles. The van der Waals surface area contributed by atoms with E-state index in [9.17, 15) is 9.59 Å². The van der Waals surface area contributed by atoms with Crippen molar-refractivity contribution in [3.8, 4) is 0 Å². The minimum atomic E-state index is 0.156. The number of rotatable bonds is 5. The van der Waals surface area contributed by atoms with E-state index in [1.54, 1.807) is 0 Å². The number of likely N-dealkylation sites (tertiary alicyclic amines) is 1. The van der Waals surface area contributed by atoms with Crippen molar-refractivity contribution in [1.29, 1.82) is 0 Å². The highest BCUT2D eigenvalue weighted by Crippen LogP contribution is 2.26. The summed E-state index contributed by atoms with van der Waals surface area (Å²) in [5, 5.41) is 3.16. The molecule has 142 valence electrons. The maximum atomic E-state index is 12.9. The molecular formula is C21H31N3O2. The van der Waals surface area contributed by atoms with Crippen molar-refractivity contribution in [2.75, 3.05) is 31.1 Å². The van der Waals surface area contributed by atoms with Crippen LogP contribution >= 0.6 is 0 Å². The second kappa shape index (κ2) is 8.56. The number of hydrogen-bond donors (Lipinski definition) is 1. The molecule has 0 unspecified atom stereocenters. The number of nitrogens with one attached hydrogen (secondary N) is 1. The monoisotopic (exact) mass is 357 g/mol. The van der Waals surface area contributed by atoms with Gasteiger partial charge in [0.05, 0.1) is 5.56 Å². The van der Waals surface area contributed by atoms with Gasteiger partial charge in [0.25, 0.3) is 5.91 Å². The molecule has 2 amide bonds. The van der Waals surface area contributed by atoms with Crippen LogP contribution in [0.25, 0.3) is 0 Å². The number of para-hydroxylation sites is 1. The smallest absolute Gasteiger partial charge is 0.255 e. The average molecular weight is 357 g/mol. The molecule has 0 aromatic heterocycles. The van der Waals surface area contributed by atoms with Crippen LogP contribution in [0.5, 0.6) is 0 Å². The number of piperidine rings is 1. The molecule has 1 aromatic carbocycles. The van der Waals surface area contributed by atoms with Crippen LogP contribution in [0.2, 0.25) is 0 Å². The fourth-order valence-corrected chi connectivity index (χ4v) is 3.94. The zero-order chi connectivity index (χ0) is 18.5. The van der Waals surface area contributed by atoms with E-state index in [0.717, 1.165) is 63.1 Å². The Hall–Kier alpha value is -2.04. The highest BCUT2D eigenvalue weighted by Gasteiger charge is 2.26. The van der Waals surface area contributed by atoms with Crippen LogP contribution in [0.1, 0.15) is 56.3 Å². The molecule has 0 radical (unpaired) electrons. The van der Waals surface area contributed by atoms with Gasteiger partial charge in [0.15, 0.2) is 0 Å². The van der Waals surface area contributed by atoms with Crippen molar-refractivity contribution in [2.24, 2.45) is 5.92 Å². The van der Waals surface area contributed by atoms with E-state index in [1.165, 1.54) is 0 Å². The quantitative estimate of drug-likeness (QED) is 0.881. The Morgan fingerprint density at radius 1 is 1.08 bits per heavy atom. The Kier molecular flexibility index (Phi) is 6.17. The standard InChI is InChI=1S/C21H31N3O2/c1-16(2)15-20(25)22-17-9-13-23(14-10-17)19-8-4-3-7-18(19)21(26)24-11-5-6-12-24/h3-4,7-8,16-17H,5-6,9-15H2,1-2H3,(H,22,25). The van der Waals surface area contributed by atoms with Crippen LogP contribution in [-0.2, 0) is 4.79 Å². The van der Waals surface area contributed by atoms with Gasteiger partial charge in [-0.15, -0.1) is 0 Å². The van der Waals surface area contributed by atoms with Crippen molar-refractivity contribution in [1.82, 2.24) is 10.2 Å². The third-order valence-corrected chi connectivity index (χ3v) is 5.32. The summed E-state index contributed by atoms with van der Waals surface area (Å²) in [6.07, 6.45) is 4.66. The minimum Gasteiger partial charge on any atom is -0.371 e. The van der Waals surface area contributed by atoms with Gasteiger partial charge in [-0.3, -0.25) is 9.59 Å². The topological polar surface area (TPSA) is 52.7 Å². The predicted octanol–water partition coefficient (Wildman–Crippen LogP) is 3.05. The van der Waals surface area contributed by atoms with Gasteiger partial charge in [0, 0.05) is 44.3 Å². The number of benzene rings is 1. The second-order valence-electron chi connectivity index (χ2n) is 7.94. The number of amides is 2. The maximum Gasteiger partial charge on any atom is 0.255 e.